The Balaban J connectivity index is 0.000000138. The zero-order chi connectivity index (χ0) is 12.8. The highest BCUT2D eigenvalue weighted by Gasteiger charge is 2.23. The first-order chi connectivity index (χ1) is 8.75. The van der Waals surface area contributed by atoms with Crippen LogP contribution < -0.4 is 10.6 Å². The fraction of sp³-hybridized carbons (Fsp3) is 1.00. The van der Waals surface area contributed by atoms with Gasteiger partial charge in [0.15, 0.2) is 0 Å². The highest BCUT2D eigenvalue weighted by atomic mass is 15.2. The minimum atomic E-state index is 0.689. The van der Waals surface area contributed by atoms with E-state index >= 15 is 0 Å². The number of fused-ring (bicyclic) bond motifs is 1. The molecule has 0 bridgehead atoms. The van der Waals surface area contributed by atoms with Crippen molar-refractivity contribution in [3.63, 3.8) is 0 Å². The molecule has 0 radical (unpaired) electrons. The molecule has 2 unspecified atom stereocenters. The van der Waals surface area contributed by atoms with E-state index < -0.39 is 0 Å². The Hall–Kier alpha value is -0.160. The maximum absolute atomic E-state index is 3.44. The third-order valence-electron chi connectivity index (χ3n) is 4.28. The summed E-state index contributed by atoms with van der Waals surface area (Å²) >= 11 is 0. The second kappa shape index (κ2) is 7.43. The van der Waals surface area contributed by atoms with Gasteiger partial charge < -0.3 is 15.5 Å². The van der Waals surface area contributed by atoms with Gasteiger partial charge in [0.1, 0.15) is 0 Å². The molecule has 0 aromatic rings. The van der Waals surface area contributed by atoms with Gasteiger partial charge >= 0.3 is 0 Å². The van der Waals surface area contributed by atoms with Crippen LogP contribution in [0, 0.1) is 0 Å². The molecule has 2 atom stereocenters. The standard InChI is InChI=1S/C8H16N2.C6H14N2/c1-2-5-10-6-4-9-7-8(10)3-1;1-6-5-8(2)4-3-7-6/h8-9H,1-7H2;6-7H,3-5H2,1-2H3. The van der Waals surface area contributed by atoms with Crippen LogP contribution in [-0.4, -0.2) is 74.7 Å². The SMILES string of the molecule is C1CCN2CCNCC2C1.CC1CN(C)CCN1. The maximum Gasteiger partial charge on any atom is 0.0221 e. The Kier molecular flexibility index (Phi) is 5.89. The van der Waals surface area contributed by atoms with Gasteiger partial charge in [-0.3, -0.25) is 4.90 Å². The minimum Gasteiger partial charge on any atom is -0.314 e. The lowest BCUT2D eigenvalue weighted by Crippen LogP contribution is -2.53. The Bertz CT molecular complexity index is 200. The topological polar surface area (TPSA) is 30.5 Å². The van der Waals surface area contributed by atoms with Gasteiger partial charge in [0, 0.05) is 51.4 Å². The van der Waals surface area contributed by atoms with Gasteiger partial charge in [-0.2, -0.15) is 0 Å². The lowest BCUT2D eigenvalue weighted by molar-refractivity contribution is 0.121. The number of nitrogens with one attached hydrogen (secondary N) is 2. The van der Waals surface area contributed by atoms with Gasteiger partial charge in [-0.1, -0.05) is 6.42 Å². The number of piperidine rings is 1. The van der Waals surface area contributed by atoms with Crippen molar-refractivity contribution in [1.82, 2.24) is 20.4 Å². The predicted octanol–water partition coefficient (Wildman–Crippen LogP) is 0.354. The van der Waals surface area contributed by atoms with E-state index in [1.807, 2.05) is 0 Å². The highest BCUT2D eigenvalue weighted by Crippen LogP contribution is 2.17. The summed E-state index contributed by atoms with van der Waals surface area (Å²) in [7, 11) is 2.16. The van der Waals surface area contributed by atoms with Gasteiger partial charge in [0.25, 0.3) is 0 Å². The maximum atomic E-state index is 3.44. The average molecular weight is 254 g/mol. The van der Waals surface area contributed by atoms with Crippen LogP contribution >= 0.6 is 0 Å². The summed E-state index contributed by atoms with van der Waals surface area (Å²) in [5, 5.41) is 6.81. The van der Waals surface area contributed by atoms with E-state index in [2.05, 4.69) is 34.4 Å². The Morgan fingerprint density at radius 3 is 2.61 bits per heavy atom. The molecule has 3 fully saturated rings. The summed E-state index contributed by atoms with van der Waals surface area (Å²) in [4.78, 5) is 4.99. The van der Waals surface area contributed by atoms with Gasteiger partial charge in [-0.15, -0.1) is 0 Å². The van der Waals surface area contributed by atoms with Crippen LogP contribution in [0.25, 0.3) is 0 Å². The fourth-order valence-corrected chi connectivity index (χ4v) is 3.20. The molecule has 106 valence electrons. The van der Waals surface area contributed by atoms with Crippen LogP contribution in [-0.2, 0) is 0 Å². The van der Waals surface area contributed by atoms with Gasteiger partial charge in [0.05, 0.1) is 0 Å². The van der Waals surface area contributed by atoms with Crippen LogP contribution in [0.15, 0.2) is 0 Å². The van der Waals surface area contributed by atoms with Crippen LogP contribution in [0.3, 0.4) is 0 Å². The van der Waals surface area contributed by atoms with Crippen molar-refractivity contribution in [2.45, 2.75) is 38.3 Å². The summed E-state index contributed by atoms with van der Waals surface area (Å²) in [5.41, 5.74) is 0. The predicted molar refractivity (Wildman–Crippen MR) is 77.0 cm³/mol. The molecule has 3 rings (SSSR count). The van der Waals surface area contributed by atoms with Crippen molar-refractivity contribution in [2.75, 3.05) is 52.9 Å². The molecule has 0 aromatic heterocycles. The van der Waals surface area contributed by atoms with E-state index in [-0.39, 0.29) is 0 Å². The molecule has 0 aliphatic carbocycles. The van der Waals surface area contributed by atoms with E-state index in [0.29, 0.717) is 6.04 Å². The van der Waals surface area contributed by atoms with E-state index in [1.165, 1.54) is 58.5 Å². The van der Waals surface area contributed by atoms with Crippen molar-refractivity contribution < 1.29 is 0 Å². The molecule has 4 heteroatoms. The van der Waals surface area contributed by atoms with Gasteiger partial charge in [-0.25, -0.2) is 0 Å². The van der Waals surface area contributed by atoms with Crippen molar-refractivity contribution in [2.24, 2.45) is 0 Å². The zero-order valence-corrected chi connectivity index (χ0v) is 12.1. The smallest absolute Gasteiger partial charge is 0.0221 e. The number of nitrogens with zero attached hydrogens (tertiary/aromatic N) is 2. The molecule has 0 amide bonds. The van der Waals surface area contributed by atoms with E-state index in [9.17, 15) is 0 Å². The Morgan fingerprint density at radius 2 is 1.94 bits per heavy atom. The van der Waals surface area contributed by atoms with E-state index in [4.69, 9.17) is 0 Å². The monoisotopic (exact) mass is 254 g/mol. The third-order valence-corrected chi connectivity index (χ3v) is 4.28. The van der Waals surface area contributed by atoms with E-state index in [1.54, 1.807) is 0 Å². The van der Waals surface area contributed by atoms with Crippen LogP contribution in [0.5, 0.6) is 0 Å². The average Bonchev–Trinajstić information content (AvgIpc) is 2.39. The summed E-state index contributed by atoms with van der Waals surface area (Å²) in [5.74, 6) is 0. The Labute approximate surface area is 112 Å². The molecular formula is C14H30N4. The molecule has 0 saturated carbocycles. The number of hydrogen-bond acceptors (Lipinski definition) is 4. The number of likely N-dealkylation sites (N-methyl/N-ethyl adjacent to an activating group) is 1. The molecule has 18 heavy (non-hydrogen) atoms. The number of piperazine rings is 2. The first kappa shape index (κ1) is 14.3. The Morgan fingerprint density at radius 1 is 1.06 bits per heavy atom. The molecule has 0 aromatic carbocycles. The first-order valence-electron chi connectivity index (χ1n) is 7.62. The van der Waals surface area contributed by atoms with Crippen molar-refractivity contribution in [3.05, 3.63) is 0 Å². The summed E-state index contributed by atoms with van der Waals surface area (Å²) in [6.07, 6.45) is 4.30. The molecule has 3 saturated heterocycles. The zero-order valence-electron chi connectivity index (χ0n) is 12.1. The first-order valence-corrected chi connectivity index (χ1v) is 7.62. The second-order valence-electron chi connectivity index (χ2n) is 6.01. The minimum absolute atomic E-state index is 0.689. The second-order valence-corrected chi connectivity index (χ2v) is 6.01. The van der Waals surface area contributed by atoms with Crippen molar-refractivity contribution in [3.8, 4) is 0 Å². The number of rotatable bonds is 0. The van der Waals surface area contributed by atoms with Crippen LogP contribution in [0.2, 0.25) is 0 Å². The molecule has 4 nitrogen and oxygen atoms in total. The van der Waals surface area contributed by atoms with Crippen LogP contribution in [0.1, 0.15) is 26.2 Å². The fourth-order valence-electron chi connectivity index (χ4n) is 3.20. The van der Waals surface area contributed by atoms with Crippen molar-refractivity contribution >= 4 is 0 Å². The summed E-state index contributed by atoms with van der Waals surface area (Å²) in [6, 6.07) is 1.57. The molecular weight excluding hydrogens is 224 g/mol. The molecule has 2 N–H and O–H groups in total. The normalized spacial score (nSPS) is 34.3. The lowest BCUT2D eigenvalue weighted by Gasteiger charge is -2.39. The van der Waals surface area contributed by atoms with Crippen LogP contribution in [0.4, 0.5) is 0 Å². The molecule has 3 heterocycles. The highest BCUT2D eigenvalue weighted by molar-refractivity contribution is 4.82. The lowest BCUT2D eigenvalue weighted by atomic mass is 10.0. The van der Waals surface area contributed by atoms with E-state index in [0.717, 1.165) is 12.6 Å². The van der Waals surface area contributed by atoms with Gasteiger partial charge in [-0.05, 0) is 33.4 Å². The summed E-state index contributed by atoms with van der Waals surface area (Å²) < 4.78 is 0. The van der Waals surface area contributed by atoms with Crippen molar-refractivity contribution in [1.29, 1.82) is 0 Å². The molecule has 0 spiro atoms. The van der Waals surface area contributed by atoms with Gasteiger partial charge in [0.2, 0.25) is 0 Å². The molecule has 3 aliphatic rings. The largest absolute Gasteiger partial charge is 0.314 e. The summed E-state index contributed by atoms with van der Waals surface area (Å²) in [6.45, 7) is 10.8. The number of hydrogen-bond donors (Lipinski definition) is 2. The molecule has 3 aliphatic heterocycles. The third kappa shape index (κ3) is 4.50. The quantitative estimate of drug-likeness (QED) is 0.653.